The highest BCUT2D eigenvalue weighted by molar-refractivity contribution is 7.90. The van der Waals surface area contributed by atoms with Crippen LogP contribution in [0.5, 0.6) is 0 Å². The van der Waals surface area contributed by atoms with Crippen molar-refractivity contribution in [3.63, 3.8) is 0 Å². The van der Waals surface area contributed by atoms with E-state index in [1.165, 1.54) is 11.8 Å². The molecule has 5 nitrogen and oxygen atoms in total. The number of hydrogen-bond donors (Lipinski definition) is 2. The summed E-state index contributed by atoms with van der Waals surface area (Å²) in [4.78, 5) is 4.09. The first-order chi connectivity index (χ1) is 9.90. The van der Waals surface area contributed by atoms with Crippen LogP contribution in [0.1, 0.15) is 12.0 Å². The van der Waals surface area contributed by atoms with Gasteiger partial charge in [-0.1, -0.05) is 23.7 Å². The van der Waals surface area contributed by atoms with Gasteiger partial charge in [0.1, 0.15) is 9.84 Å². The van der Waals surface area contributed by atoms with E-state index in [9.17, 15) is 8.42 Å². The fourth-order valence-corrected chi connectivity index (χ4v) is 2.53. The molecular formula is C14H22ClN3O2S. The summed E-state index contributed by atoms with van der Waals surface area (Å²) in [6, 6.07) is 7.73. The van der Waals surface area contributed by atoms with E-state index in [-0.39, 0.29) is 5.75 Å². The normalized spacial score (nSPS) is 12.2. The molecule has 1 aromatic rings. The number of nitrogens with zero attached hydrogens (tertiary/aromatic N) is 1. The summed E-state index contributed by atoms with van der Waals surface area (Å²) in [6.45, 7) is 1.32. The van der Waals surface area contributed by atoms with Gasteiger partial charge < -0.3 is 10.6 Å². The fraction of sp³-hybridized carbons (Fsp3) is 0.500. The van der Waals surface area contributed by atoms with Gasteiger partial charge in [0.05, 0.1) is 5.75 Å². The van der Waals surface area contributed by atoms with E-state index in [0.717, 1.165) is 18.0 Å². The van der Waals surface area contributed by atoms with Gasteiger partial charge in [-0.2, -0.15) is 0 Å². The minimum atomic E-state index is -2.90. The van der Waals surface area contributed by atoms with Gasteiger partial charge in [-0.05, 0) is 30.5 Å². The molecule has 0 aliphatic heterocycles. The first kappa shape index (κ1) is 17.8. The monoisotopic (exact) mass is 331 g/mol. The molecule has 0 aliphatic carbocycles. The molecule has 21 heavy (non-hydrogen) atoms. The lowest BCUT2D eigenvalue weighted by Gasteiger charge is -2.11. The molecule has 0 bridgehead atoms. The van der Waals surface area contributed by atoms with Gasteiger partial charge in [0, 0.05) is 31.4 Å². The molecule has 0 saturated carbocycles. The number of halogens is 1. The van der Waals surface area contributed by atoms with Gasteiger partial charge in [-0.15, -0.1) is 0 Å². The van der Waals surface area contributed by atoms with Crippen LogP contribution in [0.15, 0.2) is 29.3 Å². The highest BCUT2D eigenvalue weighted by atomic mass is 35.5. The van der Waals surface area contributed by atoms with Crippen LogP contribution in [0, 0.1) is 0 Å². The lowest BCUT2D eigenvalue weighted by atomic mass is 10.1. The molecule has 7 heteroatoms. The Bertz CT molecular complexity index is 556. The summed E-state index contributed by atoms with van der Waals surface area (Å²) >= 11 is 5.83. The third-order valence-corrected chi connectivity index (χ3v) is 4.11. The van der Waals surface area contributed by atoms with Crippen molar-refractivity contribution in [1.29, 1.82) is 0 Å². The van der Waals surface area contributed by atoms with Gasteiger partial charge >= 0.3 is 0 Å². The number of hydrogen-bond acceptors (Lipinski definition) is 3. The van der Waals surface area contributed by atoms with Crippen molar-refractivity contribution < 1.29 is 8.42 Å². The minimum absolute atomic E-state index is 0.182. The Morgan fingerprint density at radius 3 is 2.38 bits per heavy atom. The van der Waals surface area contributed by atoms with E-state index in [0.29, 0.717) is 18.9 Å². The predicted octanol–water partition coefficient (Wildman–Crippen LogP) is 1.48. The second-order valence-corrected chi connectivity index (χ2v) is 7.48. The Balaban J connectivity index is 2.24. The van der Waals surface area contributed by atoms with Gasteiger partial charge in [-0.3, -0.25) is 4.99 Å². The molecule has 0 unspecified atom stereocenters. The number of benzene rings is 1. The molecule has 0 aliphatic rings. The average Bonchev–Trinajstić information content (AvgIpc) is 2.42. The standard InChI is InChI=1S/C14H22ClN3O2S/c1-16-14(17-9-3-11-21(2,19)20)18-10-8-12-4-6-13(15)7-5-12/h4-7H,3,8-11H2,1-2H3,(H2,16,17,18). The van der Waals surface area contributed by atoms with Crippen LogP contribution in [0.2, 0.25) is 5.02 Å². The zero-order valence-electron chi connectivity index (χ0n) is 12.4. The molecule has 0 radical (unpaired) electrons. The number of guanidine groups is 1. The van der Waals surface area contributed by atoms with Crippen molar-refractivity contribution in [2.45, 2.75) is 12.8 Å². The van der Waals surface area contributed by atoms with E-state index in [1.54, 1.807) is 7.05 Å². The first-order valence-electron chi connectivity index (χ1n) is 6.77. The summed E-state index contributed by atoms with van der Waals surface area (Å²) in [5.41, 5.74) is 1.19. The van der Waals surface area contributed by atoms with E-state index in [4.69, 9.17) is 11.6 Å². The fourth-order valence-electron chi connectivity index (χ4n) is 1.74. The maximum atomic E-state index is 11.0. The zero-order chi connectivity index (χ0) is 15.7. The Hall–Kier alpha value is -1.27. The molecule has 0 spiro atoms. The minimum Gasteiger partial charge on any atom is -0.356 e. The van der Waals surface area contributed by atoms with Gasteiger partial charge in [0.2, 0.25) is 0 Å². The van der Waals surface area contributed by atoms with Crippen LogP contribution in [0.4, 0.5) is 0 Å². The Morgan fingerprint density at radius 1 is 1.19 bits per heavy atom. The molecule has 0 saturated heterocycles. The van der Waals surface area contributed by atoms with Crippen molar-refractivity contribution >= 4 is 27.4 Å². The summed E-state index contributed by atoms with van der Waals surface area (Å²) in [7, 11) is -1.21. The van der Waals surface area contributed by atoms with E-state index in [1.807, 2.05) is 24.3 Å². The highest BCUT2D eigenvalue weighted by Gasteiger charge is 2.02. The Labute approximate surface area is 131 Å². The molecule has 0 heterocycles. The van der Waals surface area contributed by atoms with Crippen molar-refractivity contribution in [2.24, 2.45) is 4.99 Å². The molecule has 0 fully saturated rings. The number of rotatable bonds is 7. The van der Waals surface area contributed by atoms with Crippen LogP contribution < -0.4 is 10.6 Å². The van der Waals surface area contributed by atoms with Gasteiger partial charge in [-0.25, -0.2) is 8.42 Å². The third-order valence-electron chi connectivity index (χ3n) is 2.83. The summed E-state index contributed by atoms with van der Waals surface area (Å²) in [6.07, 6.45) is 2.67. The maximum absolute atomic E-state index is 11.0. The Kier molecular flexibility index (Phi) is 7.53. The number of aliphatic imine (C=N–C) groups is 1. The topological polar surface area (TPSA) is 70.6 Å². The van der Waals surface area contributed by atoms with E-state index >= 15 is 0 Å². The average molecular weight is 332 g/mol. The van der Waals surface area contributed by atoms with Crippen molar-refractivity contribution in [2.75, 3.05) is 32.1 Å². The molecule has 2 N–H and O–H groups in total. The summed E-state index contributed by atoms with van der Waals surface area (Å²) < 4.78 is 22.0. The second-order valence-electron chi connectivity index (χ2n) is 4.79. The molecular weight excluding hydrogens is 310 g/mol. The molecule has 0 amide bonds. The quantitative estimate of drug-likeness (QED) is 0.451. The first-order valence-corrected chi connectivity index (χ1v) is 9.21. The molecule has 0 atom stereocenters. The van der Waals surface area contributed by atoms with Crippen LogP contribution in [-0.4, -0.2) is 46.5 Å². The SMILES string of the molecule is CN=C(NCCCS(C)(=O)=O)NCCc1ccc(Cl)cc1. The Morgan fingerprint density at radius 2 is 1.81 bits per heavy atom. The second kappa shape index (κ2) is 8.89. The van der Waals surface area contributed by atoms with Crippen molar-refractivity contribution in [1.82, 2.24) is 10.6 Å². The van der Waals surface area contributed by atoms with Crippen molar-refractivity contribution in [3.05, 3.63) is 34.9 Å². The van der Waals surface area contributed by atoms with E-state index < -0.39 is 9.84 Å². The van der Waals surface area contributed by atoms with Crippen LogP contribution in [-0.2, 0) is 16.3 Å². The number of nitrogens with one attached hydrogen (secondary N) is 2. The molecule has 1 rings (SSSR count). The molecule has 1 aromatic carbocycles. The molecule has 0 aromatic heterocycles. The zero-order valence-corrected chi connectivity index (χ0v) is 14.0. The highest BCUT2D eigenvalue weighted by Crippen LogP contribution is 2.09. The van der Waals surface area contributed by atoms with Crippen LogP contribution >= 0.6 is 11.6 Å². The smallest absolute Gasteiger partial charge is 0.190 e. The summed E-state index contributed by atoms with van der Waals surface area (Å²) in [5.74, 6) is 0.861. The van der Waals surface area contributed by atoms with E-state index in [2.05, 4.69) is 15.6 Å². The lowest BCUT2D eigenvalue weighted by molar-refractivity contribution is 0.598. The van der Waals surface area contributed by atoms with Crippen molar-refractivity contribution in [3.8, 4) is 0 Å². The summed E-state index contributed by atoms with van der Waals surface area (Å²) in [5, 5.41) is 7.01. The number of sulfone groups is 1. The largest absolute Gasteiger partial charge is 0.356 e. The predicted molar refractivity (Wildman–Crippen MR) is 88.8 cm³/mol. The molecule has 118 valence electrons. The van der Waals surface area contributed by atoms with Gasteiger partial charge in [0.15, 0.2) is 5.96 Å². The van der Waals surface area contributed by atoms with Gasteiger partial charge in [0.25, 0.3) is 0 Å². The lowest BCUT2D eigenvalue weighted by Crippen LogP contribution is -2.39. The maximum Gasteiger partial charge on any atom is 0.190 e. The van der Waals surface area contributed by atoms with Crippen LogP contribution in [0.25, 0.3) is 0 Å². The third kappa shape index (κ3) is 8.57. The van der Waals surface area contributed by atoms with Crippen LogP contribution in [0.3, 0.4) is 0 Å².